The Morgan fingerprint density at radius 2 is 1.88 bits per heavy atom. The van der Waals surface area contributed by atoms with Gasteiger partial charge in [0, 0.05) is 6.54 Å². The van der Waals surface area contributed by atoms with Crippen LogP contribution in [-0.4, -0.2) is 44.0 Å². The van der Waals surface area contributed by atoms with E-state index >= 15 is 0 Å². The molecule has 0 atom stereocenters. The van der Waals surface area contributed by atoms with Crippen LogP contribution in [0.1, 0.15) is 12.0 Å². The molecule has 0 aliphatic heterocycles. The van der Waals surface area contributed by atoms with Gasteiger partial charge in [-0.2, -0.15) is 0 Å². The van der Waals surface area contributed by atoms with Crippen LogP contribution in [0, 0.1) is 0 Å². The Labute approximate surface area is 109 Å². The molecule has 0 saturated heterocycles. The Morgan fingerprint density at radius 3 is 2.47 bits per heavy atom. The van der Waals surface area contributed by atoms with Gasteiger partial charge in [-0.3, -0.25) is 0 Å². The molecule has 0 spiro atoms. The zero-order chi connectivity index (χ0) is 12.8. The summed E-state index contributed by atoms with van der Waals surface area (Å²) in [5, 5.41) is 0.643. The zero-order valence-corrected chi connectivity index (χ0v) is 11.7. The van der Waals surface area contributed by atoms with E-state index in [-0.39, 0.29) is 0 Å². The average Bonchev–Trinajstić information content (AvgIpc) is 2.23. The van der Waals surface area contributed by atoms with Gasteiger partial charge in [0.1, 0.15) is 0 Å². The number of benzene rings is 1. The van der Waals surface area contributed by atoms with Crippen molar-refractivity contribution >= 4 is 17.3 Å². The van der Waals surface area contributed by atoms with Gasteiger partial charge in [0.25, 0.3) is 0 Å². The summed E-state index contributed by atoms with van der Waals surface area (Å²) in [5.74, 6) is 0. The first kappa shape index (κ1) is 14.3. The summed E-state index contributed by atoms with van der Waals surface area (Å²) in [4.78, 5) is 4.50. The van der Waals surface area contributed by atoms with E-state index in [2.05, 4.69) is 30.9 Å². The third-order valence-corrected chi connectivity index (χ3v) is 2.99. The van der Waals surface area contributed by atoms with E-state index in [1.54, 1.807) is 0 Å². The molecule has 0 heterocycles. The molecule has 1 rings (SSSR count). The van der Waals surface area contributed by atoms with Crippen molar-refractivity contribution in [2.75, 3.05) is 40.0 Å². The van der Waals surface area contributed by atoms with Crippen LogP contribution in [0.4, 0.5) is 5.69 Å². The molecule has 0 fully saturated rings. The molecule has 3 nitrogen and oxygen atoms in total. The summed E-state index contributed by atoms with van der Waals surface area (Å²) >= 11 is 5.99. The third kappa shape index (κ3) is 5.39. The van der Waals surface area contributed by atoms with Gasteiger partial charge in [0.2, 0.25) is 0 Å². The highest BCUT2D eigenvalue weighted by Crippen LogP contribution is 2.20. The topological polar surface area (TPSA) is 32.5 Å². The van der Waals surface area contributed by atoms with Crippen molar-refractivity contribution in [1.82, 2.24) is 9.80 Å². The highest BCUT2D eigenvalue weighted by Gasteiger charge is 2.03. The van der Waals surface area contributed by atoms with Crippen molar-refractivity contribution in [3.05, 3.63) is 28.8 Å². The average molecular weight is 256 g/mol. The number of halogens is 1. The normalized spacial score (nSPS) is 11.4. The Morgan fingerprint density at radius 1 is 1.18 bits per heavy atom. The van der Waals surface area contributed by atoms with E-state index in [9.17, 15) is 0 Å². The van der Waals surface area contributed by atoms with Gasteiger partial charge in [0.05, 0.1) is 10.7 Å². The fourth-order valence-electron chi connectivity index (χ4n) is 1.72. The van der Waals surface area contributed by atoms with E-state index in [4.69, 9.17) is 17.3 Å². The minimum absolute atomic E-state index is 0.643. The smallest absolute Gasteiger partial charge is 0.0638 e. The lowest BCUT2D eigenvalue weighted by molar-refractivity contribution is 0.294. The van der Waals surface area contributed by atoms with E-state index in [0.29, 0.717) is 10.7 Å². The molecule has 0 unspecified atom stereocenters. The van der Waals surface area contributed by atoms with Crippen molar-refractivity contribution < 1.29 is 0 Å². The summed E-state index contributed by atoms with van der Waals surface area (Å²) in [5.41, 5.74) is 7.53. The summed E-state index contributed by atoms with van der Waals surface area (Å²) in [7, 11) is 6.32. The van der Waals surface area contributed by atoms with Crippen molar-refractivity contribution in [2.24, 2.45) is 0 Å². The second-order valence-electron chi connectivity index (χ2n) is 4.75. The number of nitrogens with zero attached hydrogens (tertiary/aromatic N) is 2. The second kappa shape index (κ2) is 6.84. The zero-order valence-electron chi connectivity index (χ0n) is 10.9. The van der Waals surface area contributed by atoms with Crippen LogP contribution in [0.5, 0.6) is 0 Å². The van der Waals surface area contributed by atoms with E-state index in [0.717, 1.165) is 19.6 Å². The summed E-state index contributed by atoms with van der Waals surface area (Å²) in [6, 6.07) is 5.84. The molecule has 0 radical (unpaired) electrons. The van der Waals surface area contributed by atoms with Crippen LogP contribution in [0.25, 0.3) is 0 Å². The number of nitrogen functional groups attached to an aromatic ring is 1. The fraction of sp³-hybridized carbons (Fsp3) is 0.538. The maximum atomic E-state index is 5.99. The van der Waals surface area contributed by atoms with Gasteiger partial charge in [-0.15, -0.1) is 0 Å². The Balaban J connectivity index is 2.39. The first-order valence-electron chi connectivity index (χ1n) is 5.86. The number of hydrogen-bond donors (Lipinski definition) is 1. The van der Waals surface area contributed by atoms with Crippen molar-refractivity contribution in [3.63, 3.8) is 0 Å². The maximum absolute atomic E-state index is 5.99. The Hall–Kier alpha value is -0.770. The first-order valence-corrected chi connectivity index (χ1v) is 6.24. The number of nitrogens with two attached hydrogens (primary N) is 1. The quantitative estimate of drug-likeness (QED) is 0.792. The van der Waals surface area contributed by atoms with Gasteiger partial charge in [0.15, 0.2) is 0 Å². The van der Waals surface area contributed by atoms with Crippen molar-refractivity contribution in [1.29, 1.82) is 0 Å². The first-order chi connectivity index (χ1) is 7.99. The van der Waals surface area contributed by atoms with Crippen LogP contribution in [0.3, 0.4) is 0 Å². The molecule has 2 N–H and O–H groups in total. The van der Waals surface area contributed by atoms with Crippen molar-refractivity contribution in [3.8, 4) is 0 Å². The predicted octanol–water partition coefficient (Wildman–Crippen LogP) is 2.31. The van der Waals surface area contributed by atoms with E-state index in [1.807, 2.05) is 18.2 Å². The molecule has 1 aromatic rings. The lowest BCUT2D eigenvalue weighted by Gasteiger charge is -2.18. The molecule has 0 aliphatic carbocycles. The molecular weight excluding hydrogens is 234 g/mol. The number of anilines is 1. The molecule has 0 bridgehead atoms. The minimum atomic E-state index is 0.643. The molecular formula is C13H22ClN3. The molecule has 17 heavy (non-hydrogen) atoms. The number of hydrogen-bond acceptors (Lipinski definition) is 3. The van der Waals surface area contributed by atoms with Gasteiger partial charge < -0.3 is 15.5 Å². The molecule has 1 aromatic carbocycles. The van der Waals surface area contributed by atoms with Gasteiger partial charge >= 0.3 is 0 Å². The Bertz CT molecular complexity index is 353. The summed E-state index contributed by atoms with van der Waals surface area (Å²) in [6.45, 7) is 3.11. The summed E-state index contributed by atoms with van der Waals surface area (Å²) in [6.07, 6.45) is 1.17. The molecule has 4 heteroatoms. The van der Waals surface area contributed by atoms with Crippen molar-refractivity contribution in [2.45, 2.75) is 13.0 Å². The SMILES string of the molecule is CN(C)CCCN(C)Cc1ccc(N)c(Cl)c1. The lowest BCUT2D eigenvalue weighted by Crippen LogP contribution is -2.23. The Kier molecular flexibility index (Phi) is 5.75. The summed E-state index contributed by atoms with van der Waals surface area (Å²) < 4.78 is 0. The second-order valence-corrected chi connectivity index (χ2v) is 5.16. The molecule has 0 saturated carbocycles. The van der Waals surface area contributed by atoms with E-state index < -0.39 is 0 Å². The predicted molar refractivity (Wildman–Crippen MR) is 75.4 cm³/mol. The lowest BCUT2D eigenvalue weighted by atomic mass is 10.2. The molecule has 0 amide bonds. The highest BCUT2D eigenvalue weighted by atomic mass is 35.5. The standard InChI is InChI=1S/C13H22ClN3/c1-16(2)7-4-8-17(3)10-11-5-6-13(15)12(14)9-11/h5-6,9H,4,7-8,10,15H2,1-3H3. The van der Waals surface area contributed by atoms with Crippen LogP contribution in [-0.2, 0) is 6.54 Å². The molecule has 0 aliphatic rings. The van der Waals surface area contributed by atoms with Crippen LogP contribution >= 0.6 is 11.6 Å². The van der Waals surface area contributed by atoms with Crippen LogP contribution < -0.4 is 5.73 Å². The maximum Gasteiger partial charge on any atom is 0.0638 e. The van der Waals surface area contributed by atoms with E-state index in [1.165, 1.54) is 12.0 Å². The van der Waals surface area contributed by atoms with Gasteiger partial charge in [-0.05, 0) is 58.3 Å². The molecule has 96 valence electrons. The van der Waals surface area contributed by atoms with Gasteiger partial charge in [-0.1, -0.05) is 17.7 Å². The third-order valence-electron chi connectivity index (χ3n) is 2.66. The number of rotatable bonds is 6. The minimum Gasteiger partial charge on any atom is -0.398 e. The van der Waals surface area contributed by atoms with Crippen LogP contribution in [0.2, 0.25) is 5.02 Å². The van der Waals surface area contributed by atoms with Crippen LogP contribution in [0.15, 0.2) is 18.2 Å². The molecule has 0 aromatic heterocycles. The monoisotopic (exact) mass is 255 g/mol. The fourth-order valence-corrected chi connectivity index (χ4v) is 1.92. The highest BCUT2D eigenvalue weighted by molar-refractivity contribution is 6.33. The largest absolute Gasteiger partial charge is 0.398 e. The van der Waals surface area contributed by atoms with Gasteiger partial charge in [-0.25, -0.2) is 0 Å².